The molecule has 0 fully saturated rings. The number of hydrogen-bond acceptors (Lipinski definition) is 5. The summed E-state index contributed by atoms with van der Waals surface area (Å²) in [5, 5.41) is 4.61. The summed E-state index contributed by atoms with van der Waals surface area (Å²) in [6.45, 7) is 3.63. The maximum absolute atomic E-state index is 12.4. The van der Waals surface area contributed by atoms with Crippen molar-refractivity contribution in [2.24, 2.45) is 0 Å². The van der Waals surface area contributed by atoms with Gasteiger partial charge in [0.15, 0.2) is 6.61 Å². The number of aryl methyl sites for hydroxylation is 1. The quantitative estimate of drug-likeness (QED) is 0.731. The third kappa shape index (κ3) is 6.47. The molecule has 0 heterocycles. The number of rotatable bonds is 7. The molecule has 0 aliphatic rings. The van der Waals surface area contributed by atoms with E-state index in [1.54, 1.807) is 49.4 Å². The van der Waals surface area contributed by atoms with E-state index < -0.39 is 24.0 Å². The second-order valence-corrected chi connectivity index (χ2v) is 5.73. The van der Waals surface area contributed by atoms with Crippen LogP contribution >= 0.6 is 0 Å². The number of hydrogen-bond donors (Lipinski definition) is 2. The van der Waals surface area contributed by atoms with Crippen molar-refractivity contribution in [2.45, 2.75) is 20.0 Å². The molecule has 0 bridgehead atoms. The Kier molecular flexibility index (Phi) is 7.37. The minimum Gasteiger partial charge on any atom is -0.482 e. The summed E-state index contributed by atoms with van der Waals surface area (Å²) in [5.74, 6) is -0.942. The number of carbonyl (C=O) groups excluding carboxylic acids is 3. The molecule has 0 aliphatic heterocycles. The number of urea groups is 1. The molecule has 0 aromatic heterocycles. The van der Waals surface area contributed by atoms with Crippen molar-refractivity contribution < 1.29 is 23.9 Å². The Labute approximate surface area is 157 Å². The van der Waals surface area contributed by atoms with Gasteiger partial charge in [0.05, 0.1) is 0 Å². The summed E-state index contributed by atoms with van der Waals surface area (Å²) in [4.78, 5) is 36.2. The number of esters is 1. The fraction of sp³-hybridized carbons (Fsp3) is 0.250. The molecular weight excluding hydrogens is 348 g/mol. The predicted octanol–water partition coefficient (Wildman–Crippen LogP) is 2.50. The Morgan fingerprint density at radius 2 is 1.78 bits per heavy atom. The highest BCUT2D eigenvalue weighted by atomic mass is 16.6. The highest BCUT2D eigenvalue weighted by Gasteiger charge is 2.26. The standard InChI is InChI=1S/C20H22N2O5/c1-3-21-20(25)22-19(24)18(15-9-5-4-6-10-15)27-17(23)13-26-16-11-7-8-14(2)12-16/h4-12,18H,3,13H2,1-2H3,(H2,21,22,24,25)/t18-/m1/s1. The summed E-state index contributed by atoms with van der Waals surface area (Å²) in [6, 6.07) is 15.0. The van der Waals surface area contributed by atoms with Crippen LogP contribution in [0, 0.1) is 6.92 Å². The molecule has 27 heavy (non-hydrogen) atoms. The number of benzene rings is 2. The lowest BCUT2D eigenvalue weighted by molar-refractivity contribution is -0.158. The van der Waals surface area contributed by atoms with E-state index in [2.05, 4.69) is 10.6 Å². The molecular formula is C20H22N2O5. The Morgan fingerprint density at radius 1 is 1.04 bits per heavy atom. The van der Waals surface area contributed by atoms with Gasteiger partial charge in [-0.3, -0.25) is 10.1 Å². The maximum atomic E-state index is 12.4. The molecule has 7 heteroatoms. The molecule has 2 N–H and O–H groups in total. The molecule has 0 unspecified atom stereocenters. The number of imide groups is 1. The summed E-state index contributed by atoms with van der Waals surface area (Å²) in [7, 11) is 0. The SMILES string of the molecule is CCNC(=O)NC(=O)[C@H](OC(=O)COc1cccc(C)c1)c1ccccc1. The topological polar surface area (TPSA) is 93.7 Å². The zero-order valence-electron chi connectivity index (χ0n) is 15.2. The molecule has 0 spiro atoms. The summed E-state index contributed by atoms with van der Waals surface area (Å²) in [6.07, 6.45) is -1.26. The van der Waals surface area contributed by atoms with E-state index in [-0.39, 0.29) is 6.61 Å². The molecule has 0 saturated heterocycles. The number of ether oxygens (including phenoxy) is 2. The summed E-state index contributed by atoms with van der Waals surface area (Å²) < 4.78 is 10.7. The largest absolute Gasteiger partial charge is 0.482 e. The first kappa shape index (κ1) is 20.0. The normalized spacial score (nSPS) is 11.2. The minimum atomic E-state index is -1.26. The van der Waals surface area contributed by atoms with Crippen molar-refractivity contribution in [3.8, 4) is 5.75 Å². The van der Waals surface area contributed by atoms with Crippen LogP contribution in [0.3, 0.4) is 0 Å². The van der Waals surface area contributed by atoms with Gasteiger partial charge in [-0.15, -0.1) is 0 Å². The second-order valence-electron chi connectivity index (χ2n) is 5.73. The van der Waals surface area contributed by atoms with Gasteiger partial charge in [0.25, 0.3) is 5.91 Å². The zero-order chi connectivity index (χ0) is 19.6. The Morgan fingerprint density at radius 3 is 2.44 bits per heavy atom. The van der Waals surface area contributed by atoms with E-state index in [9.17, 15) is 14.4 Å². The van der Waals surface area contributed by atoms with Crippen molar-refractivity contribution in [3.05, 3.63) is 65.7 Å². The van der Waals surface area contributed by atoms with E-state index in [4.69, 9.17) is 9.47 Å². The van der Waals surface area contributed by atoms with Gasteiger partial charge in [-0.1, -0.05) is 42.5 Å². The van der Waals surface area contributed by atoms with Crippen LogP contribution < -0.4 is 15.4 Å². The van der Waals surface area contributed by atoms with Crippen LogP contribution in [0.15, 0.2) is 54.6 Å². The van der Waals surface area contributed by atoms with Crippen molar-refractivity contribution in [1.29, 1.82) is 0 Å². The van der Waals surface area contributed by atoms with Crippen molar-refractivity contribution in [3.63, 3.8) is 0 Å². The molecule has 2 rings (SSSR count). The van der Waals surface area contributed by atoms with Gasteiger partial charge in [0.1, 0.15) is 5.75 Å². The molecule has 0 saturated carbocycles. The van der Waals surface area contributed by atoms with Gasteiger partial charge in [-0.2, -0.15) is 0 Å². The van der Waals surface area contributed by atoms with Gasteiger partial charge in [-0.05, 0) is 31.5 Å². The predicted molar refractivity (Wildman–Crippen MR) is 99.2 cm³/mol. The van der Waals surface area contributed by atoms with Crippen molar-refractivity contribution in [2.75, 3.05) is 13.2 Å². The zero-order valence-corrected chi connectivity index (χ0v) is 15.2. The lowest BCUT2D eigenvalue weighted by Crippen LogP contribution is -2.42. The molecule has 2 aromatic rings. The molecule has 0 radical (unpaired) electrons. The van der Waals surface area contributed by atoms with Crippen LogP contribution in [-0.4, -0.2) is 31.1 Å². The van der Waals surface area contributed by atoms with E-state index in [0.29, 0.717) is 17.9 Å². The van der Waals surface area contributed by atoms with Crippen LogP contribution in [0.1, 0.15) is 24.2 Å². The van der Waals surface area contributed by atoms with Crippen molar-refractivity contribution >= 4 is 17.9 Å². The molecule has 0 aliphatic carbocycles. The van der Waals surface area contributed by atoms with Gasteiger partial charge in [-0.25, -0.2) is 9.59 Å². The van der Waals surface area contributed by atoms with Gasteiger partial charge < -0.3 is 14.8 Å². The van der Waals surface area contributed by atoms with Crippen LogP contribution in [0.25, 0.3) is 0 Å². The van der Waals surface area contributed by atoms with Gasteiger partial charge in [0, 0.05) is 12.1 Å². The second kappa shape index (κ2) is 9.96. The van der Waals surface area contributed by atoms with Gasteiger partial charge >= 0.3 is 12.0 Å². The van der Waals surface area contributed by atoms with E-state index in [1.807, 2.05) is 19.1 Å². The maximum Gasteiger partial charge on any atom is 0.345 e. The molecule has 142 valence electrons. The Balaban J connectivity index is 2.03. The first-order valence-electron chi connectivity index (χ1n) is 8.52. The first-order valence-corrected chi connectivity index (χ1v) is 8.52. The summed E-state index contributed by atoms with van der Waals surface area (Å²) in [5.41, 5.74) is 1.44. The number of nitrogens with one attached hydrogen (secondary N) is 2. The fourth-order valence-electron chi connectivity index (χ4n) is 2.30. The lowest BCUT2D eigenvalue weighted by Gasteiger charge is -2.18. The van der Waals surface area contributed by atoms with E-state index in [1.165, 1.54) is 0 Å². The molecule has 2 aromatic carbocycles. The monoisotopic (exact) mass is 370 g/mol. The average Bonchev–Trinajstić information content (AvgIpc) is 2.65. The highest BCUT2D eigenvalue weighted by molar-refractivity contribution is 5.97. The van der Waals surface area contributed by atoms with E-state index in [0.717, 1.165) is 5.56 Å². The number of amides is 3. The molecule has 3 amide bonds. The third-order valence-electron chi connectivity index (χ3n) is 3.51. The first-order chi connectivity index (χ1) is 13.0. The van der Waals surface area contributed by atoms with E-state index >= 15 is 0 Å². The van der Waals surface area contributed by atoms with Crippen LogP contribution in [0.5, 0.6) is 5.75 Å². The molecule has 7 nitrogen and oxygen atoms in total. The lowest BCUT2D eigenvalue weighted by atomic mass is 10.1. The highest BCUT2D eigenvalue weighted by Crippen LogP contribution is 2.18. The Hall–Kier alpha value is -3.35. The molecule has 1 atom stereocenters. The third-order valence-corrected chi connectivity index (χ3v) is 3.51. The van der Waals surface area contributed by atoms with Gasteiger partial charge in [0.2, 0.25) is 6.10 Å². The van der Waals surface area contributed by atoms with Crippen LogP contribution in [-0.2, 0) is 14.3 Å². The van der Waals surface area contributed by atoms with Crippen LogP contribution in [0.2, 0.25) is 0 Å². The van der Waals surface area contributed by atoms with Crippen LogP contribution in [0.4, 0.5) is 4.79 Å². The smallest absolute Gasteiger partial charge is 0.345 e. The fourth-order valence-corrected chi connectivity index (χ4v) is 2.30. The number of carbonyl (C=O) groups is 3. The Bertz CT molecular complexity index is 792. The average molecular weight is 370 g/mol. The summed E-state index contributed by atoms with van der Waals surface area (Å²) >= 11 is 0. The minimum absolute atomic E-state index is 0.360. The van der Waals surface area contributed by atoms with Crippen molar-refractivity contribution in [1.82, 2.24) is 10.6 Å².